The molecule has 1 N–H and O–H groups in total. The highest BCUT2D eigenvalue weighted by atomic mass is 16.5. The third-order valence-corrected chi connectivity index (χ3v) is 3.41. The summed E-state index contributed by atoms with van der Waals surface area (Å²) in [6.45, 7) is 9.19. The SMILES string of the molecule is COCC(C)CC(O)Cc1c(C)cc(C)cc1C. The topological polar surface area (TPSA) is 29.5 Å². The molecule has 0 fully saturated rings. The van der Waals surface area contributed by atoms with Gasteiger partial charge in [-0.2, -0.15) is 0 Å². The molecule has 2 nitrogen and oxygen atoms in total. The van der Waals surface area contributed by atoms with Gasteiger partial charge in [0, 0.05) is 13.7 Å². The third-order valence-electron chi connectivity index (χ3n) is 3.41. The van der Waals surface area contributed by atoms with Crippen molar-refractivity contribution < 1.29 is 9.84 Å². The summed E-state index contributed by atoms with van der Waals surface area (Å²) in [5.74, 6) is 0.399. The summed E-state index contributed by atoms with van der Waals surface area (Å²) >= 11 is 0. The maximum Gasteiger partial charge on any atom is 0.0584 e. The van der Waals surface area contributed by atoms with Gasteiger partial charge in [-0.25, -0.2) is 0 Å². The van der Waals surface area contributed by atoms with Crippen LogP contribution in [0.15, 0.2) is 12.1 Å². The molecule has 102 valence electrons. The Bertz CT molecular complexity index is 362. The van der Waals surface area contributed by atoms with Crippen LogP contribution in [-0.4, -0.2) is 24.9 Å². The number of ether oxygens (including phenoxy) is 1. The second-order valence-corrected chi connectivity index (χ2v) is 5.53. The van der Waals surface area contributed by atoms with E-state index in [2.05, 4.69) is 39.8 Å². The van der Waals surface area contributed by atoms with Crippen LogP contribution < -0.4 is 0 Å². The van der Waals surface area contributed by atoms with Gasteiger partial charge in [0.25, 0.3) is 0 Å². The zero-order valence-corrected chi connectivity index (χ0v) is 12.3. The molecule has 0 heterocycles. The van der Waals surface area contributed by atoms with Gasteiger partial charge >= 0.3 is 0 Å². The molecular weight excluding hydrogens is 224 g/mol. The first kappa shape index (κ1) is 15.2. The van der Waals surface area contributed by atoms with Crippen LogP contribution in [0.2, 0.25) is 0 Å². The lowest BCUT2D eigenvalue weighted by Gasteiger charge is -2.18. The van der Waals surface area contributed by atoms with Crippen LogP contribution in [0.25, 0.3) is 0 Å². The fourth-order valence-electron chi connectivity index (χ4n) is 2.67. The molecule has 1 aromatic rings. The largest absolute Gasteiger partial charge is 0.393 e. The number of hydrogen-bond donors (Lipinski definition) is 1. The van der Waals surface area contributed by atoms with Crippen LogP contribution >= 0.6 is 0 Å². The molecule has 0 amide bonds. The van der Waals surface area contributed by atoms with Gasteiger partial charge in [0.05, 0.1) is 6.10 Å². The van der Waals surface area contributed by atoms with Crippen molar-refractivity contribution in [2.45, 2.75) is 46.6 Å². The summed E-state index contributed by atoms with van der Waals surface area (Å²) in [6, 6.07) is 4.38. The van der Waals surface area contributed by atoms with Gasteiger partial charge in [-0.3, -0.25) is 0 Å². The molecule has 2 atom stereocenters. The van der Waals surface area contributed by atoms with E-state index in [4.69, 9.17) is 4.74 Å². The molecule has 0 saturated carbocycles. The van der Waals surface area contributed by atoms with Crippen LogP contribution in [0, 0.1) is 26.7 Å². The lowest BCUT2D eigenvalue weighted by molar-refractivity contribution is 0.101. The van der Waals surface area contributed by atoms with Crippen LogP contribution in [0.5, 0.6) is 0 Å². The first-order chi connectivity index (χ1) is 8.43. The standard InChI is InChI=1S/C16H26O2/c1-11-6-13(3)16(14(4)7-11)9-15(17)8-12(2)10-18-5/h6-7,12,15,17H,8-10H2,1-5H3. The third kappa shape index (κ3) is 4.43. The minimum Gasteiger partial charge on any atom is -0.393 e. The number of hydrogen-bond acceptors (Lipinski definition) is 2. The maximum atomic E-state index is 10.2. The number of aryl methyl sites for hydroxylation is 3. The number of aliphatic hydroxyl groups excluding tert-OH is 1. The van der Waals surface area contributed by atoms with Crippen molar-refractivity contribution in [3.8, 4) is 0 Å². The first-order valence-corrected chi connectivity index (χ1v) is 6.67. The van der Waals surface area contributed by atoms with Gasteiger partial charge in [-0.1, -0.05) is 24.6 Å². The predicted octanol–water partition coefficient (Wildman–Crippen LogP) is 3.19. The number of methoxy groups -OCH3 is 1. The molecule has 0 aliphatic rings. The summed E-state index contributed by atoms with van der Waals surface area (Å²) in [6.07, 6.45) is 1.25. The summed E-state index contributed by atoms with van der Waals surface area (Å²) < 4.78 is 5.11. The maximum absolute atomic E-state index is 10.2. The second-order valence-electron chi connectivity index (χ2n) is 5.53. The zero-order valence-electron chi connectivity index (χ0n) is 12.3. The van der Waals surface area contributed by atoms with Gasteiger partial charge in [0.15, 0.2) is 0 Å². The van der Waals surface area contributed by atoms with E-state index in [1.165, 1.54) is 22.3 Å². The molecule has 18 heavy (non-hydrogen) atoms. The zero-order chi connectivity index (χ0) is 13.7. The quantitative estimate of drug-likeness (QED) is 0.840. The van der Waals surface area contributed by atoms with E-state index < -0.39 is 0 Å². The Balaban J connectivity index is 2.67. The highest BCUT2D eigenvalue weighted by molar-refractivity contribution is 5.37. The predicted molar refractivity (Wildman–Crippen MR) is 76.0 cm³/mol. The van der Waals surface area contributed by atoms with Crippen molar-refractivity contribution in [2.75, 3.05) is 13.7 Å². The van der Waals surface area contributed by atoms with E-state index in [0.717, 1.165) is 12.8 Å². The summed E-state index contributed by atoms with van der Waals surface area (Å²) in [4.78, 5) is 0. The fraction of sp³-hybridized carbons (Fsp3) is 0.625. The molecular formula is C16H26O2. The van der Waals surface area contributed by atoms with E-state index in [9.17, 15) is 5.11 Å². The number of aliphatic hydroxyl groups is 1. The van der Waals surface area contributed by atoms with Crippen molar-refractivity contribution >= 4 is 0 Å². The van der Waals surface area contributed by atoms with E-state index in [0.29, 0.717) is 12.5 Å². The Morgan fingerprint density at radius 1 is 1.17 bits per heavy atom. The van der Waals surface area contributed by atoms with Gasteiger partial charge in [-0.05, 0) is 56.2 Å². The highest BCUT2D eigenvalue weighted by Crippen LogP contribution is 2.20. The van der Waals surface area contributed by atoms with Crippen LogP contribution in [0.1, 0.15) is 35.6 Å². The summed E-state index contributed by atoms with van der Waals surface area (Å²) in [5.41, 5.74) is 5.14. The lowest BCUT2D eigenvalue weighted by Crippen LogP contribution is -2.18. The summed E-state index contributed by atoms with van der Waals surface area (Å²) in [7, 11) is 1.71. The smallest absolute Gasteiger partial charge is 0.0584 e. The van der Waals surface area contributed by atoms with Gasteiger partial charge in [0.1, 0.15) is 0 Å². The van der Waals surface area contributed by atoms with Crippen molar-refractivity contribution in [1.82, 2.24) is 0 Å². The average molecular weight is 250 g/mol. The van der Waals surface area contributed by atoms with E-state index in [1.807, 2.05) is 0 Å². The van der Waals surface area contributed by atoms with Crippen LogP contribution in [-0.2, 0) is 11.2 Å². The van der Waals surface area contributed by atoms with Crippen LogP contribution in [0.4, 0.5) is 0 Å². The Hall–Kier alpha value is -0.860. The molecule has 1 aromatic carbocycles. The molecule has 1 rings (SSSR count). The second kappa shape index (κ2) is 6.91. The molecule has 0 aliphatic carbocycles. The van der Waals surface area contributed by atoms with Crippen molar-refractivity contribution in [2.24, 2.45) is 5.92 Å². The molecule has 2 heteroatoms. The number of rotatable bonds is 6. The Morgan fingerprint density at radius 2 is 1.72 bits per heavy atom. The van der Waals surface area contributed by atoms with Crippen molar-refractivity contribution in [3.63, 3.8) is 0 Å². The highest BCUT2D eigenvalue weighted by Gasteiger charge is 2.13. The van der Waals surface area contributed by atoms with Crippen LogP contribution in [0.3, 0.4) is 0 Å². The van der Waals surface area contributed by atoms with Crippen molar-refractivity contribution in [1.29, 1.82) is 0 Å². The van der Waals surface area contributed by atoms with Crippen molar-refractivity contribution in [3.05, 3.63) is 34.4 Å². The molecule has 0 aliphatic heterocycles. The van der Waals surface area contributed by atoms with Gasteiger partial charge in [0.2, 0.25) is 0 Å². The molecule has 2 unspecified atom stereocenters. The lowest BCUT2D eigenvalue weighted by atomic mass is 9.92. The minimum absolute atomic E-state index is 0.282. The summed E-state index contributed by atoms with van der Waals surface area (Å²) in [5, 5.41) is 10.2. The van der Waals surface area contributed by atoms with Gasteiger partial charge in [-0.15, -0.1) is 0 Å². The molecule has 0 spiro atoms. The minimum atomic E-state index is -0.282. The fourth-order valence-corrected chi connectivity index (χ4v) is 2.67. The van der Waals surface area contributed by atoms with E-state index >= 15 is 0 Å². The average Bonchev–Trinajstić information content (AvgIpc) is 2.23. The monoisotopic (exact) mass is 250 g/mol. The normalized spacial score (nSPS) is 14.6. The first-order valence-electron chi connectivity index (χ1n) is 6.67. The van der Waals surface area contributed by atoms with Gasteiger partial charge < -0.3 is 9.84 Å². The Labute approximate surface area is 111 Å². The Kier molecular flexibility index (Phi) is 5.83. The van der Waals surface area contributed by atoms with E-state index in [-0.39, 0.29) is 6.10 Å². The molecule has 0 saturated heterocycles. The molecule has 0 bridgehead atoms. The molecule has 0 radical (unpaired) electrons. The van der Waals surface area contributed by atoms with E-state index in [1.54, 1.807) is 7.11 Å². The number of benzene rings is 1. The molecule has 0 aromatic heterocycles. The Morgan fingerprint density at radius 3 is 2.22 bits per heavy atom.